The Bertz CT molecular complexity index is 802. The quantitative estimate of drug-likeness (QED) is 0.726. The fraction of sp³-hybridized carbons (Fsp3) is 0.353. The van der Waals surface area contributed by atoms with Gasteiger partial charge in [0.1, 0.15) is 11.1 Å². The van der Waals surface area contributed by atoms with Crippen molar-refractivity contribution < 1.29 is 9.26 Å². The lowest BCUT2D eigenvalue weighted by Crippen LogP contribution is -2.38. The number of benzene rings is 1. The van der Waals surface area contributed by atoms with E-state index in [0.29, 0.717) is 24.9 Å². The third-order valence-corrected chi connectivity index (χ3v) is 4.97. The fourth-order valence-electron chi connectivity index (χ4n) is 2.73. The summed E-state index contributed by atoms with van der Waals surface area (Å²) in [6, 6.07) is 9.82. The highest BCUT2D eigenvalue weighted by molar-refractivity contribution is 7.09. The van der Waals surface area contributed by atoms with Crippen molar-refractivity contribution in [1.82, 2.24) is 20.0 Å². The lowest BCUT2D eigenvalue weighted by molar-refractivity contribution is -0.0339. The van der Waals surface area contributed by atoms with Gasteiger partial charge in [0.15, 0.2) is 5.82 Å². The summed E-state index contributed by atoms with van der Waals surface area (Å²) in [6.45, 7) is 5.00. The average molecular weight is 342 g/mol. The van der Waals surface area contributed by atoms with Crippen LogP contribution in [0.2, 0.25) is 0 Å². The lowest BCUT2D eigenvalue weighted by atomic mass is 10.2. The second kappa shape index (κ2) is 6.80. The molecule has 1 aromatic carbocycles. The van der Waals surface area contributed by atoms with E-state index in [1.807, 2.05) is 37.3 Å². The first-order chi connectivity index (χ1) is 11.8. The summed E-state index contributed by atoms with van der Waals surface area (Å²) in [6.07, 6.45) is 0.0259. The van der Waals surface area contributed by atoms with Crippen molar-refractivity contribution in [1.29, 1.82) is 0 Å². The van der Waals surface area contributed by atoms with Crippen LogP contribution in [0.25, 0.3) is 11.5 Å². The van der Waals surface area contributed by atoms with E-state index in [2.05, 4.69) is 25.4 Å². The molecule has 0 unspecified atom stereocenters. The molecular weight excluding hydrogens is 324 g/mol. The molecule has 3 heterocycles. The predicted molar refractivity (Wildman–Crippen MR) is 90.6 cm³/mol. The van der Waals surface area contributed by atoms with E-state index in [-0.39, 0.29) is 6.10 Å². The van der Waals surface area contributed by atoms with Crippen LogP contribution in [0.5, 0.6) is 0 Å². The molecule has 0 amide bonds. The minimum absolute atomic E-state index is 0.0259. The Kier molecular flexibility index (Phi) is 4.38. The van der Waals surface area contributed by atoms with E-state index < -0.39 is 0 Å². The Morgan fingerprint density at radius 3 is 2.92 bits per heavy atom. The van der Waals surface area contributed by atoms with E-state index in [0.717, 1.165) is 29.4 Å². The van der Waals surface area contributed by atoms with Crippen molar-refractivity contribution in [3.05, 3.63) is 52.2 Å². The van der Waals surface area contributed by atoms with Gasteiger partial charge in [0, 0.05) is 29.7 Å². The molecule has 3 aromatic rings. The molecule has 0 N–H and O–H groups in total. The molecule has 0 bridgehead atoms. The standard InChI is InChI=1S/C17H18N4O2S/c1-12-11-24-17(18-12)14-9-21(7-8-22-14)10-15-19-16(23-20-15)13-5-3-2-4-6-13/h2-6,11,14H,7-10H2,1H3/t14-/m1/s1. The predicted octanol–water partition coefficient (Wildman–Crippen LogP) is 3.08. The third-order valence-electron chi connectivity index (χ3n) is 3.92. The molecule has 0 spiro atoms. The second-order valence-electron chi connectivity index (χ2n) is 5.80. The number of hydrogen-bond donors (Lipinski definition) is 0. The summed E-state index contributed by atoms with van der Waals surface area (Å²) in [5, 5.41) is 7.20. The second-order valence-corrected chi connectivity index (χ2v) is 6.69. The number of ether oxygens (including phenoxy) is 1. The monoisotopic (exact) mass is 342 g/mol. The Morgan fingerprint density at radius 2 is 2.12 bits per heavy atom. The number of aromatic nitrogens is 3. The Balaban J connectivity index is 1.43. The molecule has 1 saturated heterocycles. The SMILES string of the molecule is Cc1csc([C@H]2CN(Cc3noc(-c4ccccc4)n3)CCO2)n1. The van der Waals surface area contributed by atoms with Crippen molar-refractivity contribution in [2.24, 2.45) is 0 Å². The Hall–Kier alpha value is -2.09. The van der Waals surface area contributed by atoms with Crippen LogP contribution in [0, 0.1) is 6.92 Å². The molecular formula is C17H18N4O2S. The van der Waals surface area contributed by atoms with Crippen molar-refractivity contribution in [3.8, 4) is 11.5 Å². The van der Waals surface area contributed by atoms with Crippen molar-refractivity contribution in [2.45, 2.75) is 19.6 Å². The average Bonchev–Trinajstić information content (AvgIpc) is 3.25. The van der Waals surface area contributed by atoms with Crippen LogP contribution < -0.4 is 0 Å². The van der Waals surface area contributed by atoms with E-state index in [1.165, 1.54) is 0 Å². The minimum Gasteiger partial charge on any atom is -0.368 e. The number of aryl methyl sites for hydroxylation is 1. The zero-order valence-corrected chi connectivity index (χ0v) is 14.2. The summed E-state index contributed by atoms with van der Waals surface area (Å²) in [7, 11) is 0. The molecule has 124 valence electrons. The maximum Gasteiger partial charge on any atom is 0.257 e. The third kappa shape index (κ3) is 3.38. The van der Waals surface area contributed by atoms with E-state index in [9.17, 15) is 0 Å². The molecule has 0 saturated carbocycles. The largest absolute Gasteiger partial charge is 0.368 e. The van der Waals surface area contributed by atoms with Crippen LogP contribution in [0.3, 0.4) is 0 Å². The van der Waals surface area contributed by atoms with Gasteiger partial charge in [-0.25, -0.2) is 4.98 Å². The van der Waals surface area contributed by atoms with Gasteiger partial charge in [0.2, 0.25) is 0 Å². The summed E-state index contributed by atoms with van der Waals surface area (Å²) < 4.78 is 11.2. The smallest absolute Gasteiger partial charge is 0.257 e. The van der Waals surface area contributed by atoms with Gasteiger partial charge in [-0.15, -0.1) is 11.3 Å². The number of nitrogens with zero attached hydrogens (tertiary/aromatic N) is 4. The highest BCUT2D eigenvalue weighted by Crippen LogP contribution is 2.26. The van der Waals surface area contributed by atoms with Crippen LogP contribution in [0.15, 0.2) is 40.2 Å². The number of thiazole rings is 1. The molecule has 1 aliphatic rings. The molecule has 6 nitrogen and oxygen atoms in total. The van der Waals surface area contributed by atoms with E-state index >= 15 is 0 Å². The molecule has 1 fully saturated rings. The van der Waals surface area contributed by atoms with E-state index in [4.69, 9.17) is 9.26 Å². The van der Waals surface area contributed by atoms with Crippen LogP contribution in [-0.2, 0) is 11.3 Å². The molecule has 2 aromatic heterocycles. The zero-order chi connectivity index (χ0) is 16.4. The molecule has 4 rings (SSSR count). The van der Waals surface area contributed by atoms with Crippen LogP contribution in [-0.4, -0.2) is 39.7 Å². The molecule has 0 aliphatic carbocycles. The minimum atomic E-state index is 0.0259. The van der Waals surface area contributed by atoms with Crippen LogP contribution >= 0.6 is 11.3 Å². The normalized spacial score (nSPS) is 18.8. The van der Waals surface area contributed by atoms with Gasteiger partial charge in [0.05, 0.1) is 13.2 Å². The zero-order valence-electron chi connectivity index (χ0n) is 13.4. The van der Waals surface area contributed by atoms with Crippen molar-refractivity contribution in [2.75, 3.05) is 19.7 Å². The maximum absolute atomic E-state index is 5.86. The molecule has 24 heavy (non-hydrogen) atoms. The first kappa shape index (κ1) is 15.4. The summed E-state index contributed by atoms with van der Waals surface area (Å²) in [5.41, 5.74) is 1.98. The Labute approximate surface area is 144 Å². The van der Waals surface area contributed by atoms with E-state index in [1.54, 1.807) is 11.3 Å². The molecule has 1 aliphatic heterocycles. The topological polar surface area (TPSA) is 64.3 Å². The maximum atomic E-state index is 5.86. The van der Waals surface area contributed by atoms with Gasteiger partial charge in [-0.1, -0.05) is 23.4 Å². The summed E-state index contributed by atoms with van der Waals surface area (Å²) in [4.78, 5) is 11.3. The summed E-state index contributed by atoms with van der Waals surface area (Å²) >= 11 is 1.65. The van der Waals surface area contributed by atoms with Gasteiger partial charge in [-0.05, 0) is 19.1 Å². The fourth-order valence-corrected chi connectivity index (χ4v) is 3.57. The van der Waals surface area contributed by atoms with Crippen LogP contribution in [0.4, 0.5) is 0 Å². The van der Waals surface area contributed by atoms with Gasteiger partial charge < -0.3 is 9.26 Å². The van der Waals surface area contributed by atoms with Gasteiger partial charge >= 0.3 is 0 Å². The first-order valence-electron chi connectivity index (χ1n) is 7.92. The summed E-state index contributed by atoms with van der Waals surface area (Å²) in [5.74, 6) is 1.26. The number of hydrogen-bond acceptors (Lipinski definition) is 7. The Morgan fingerprint density at radius 1 is 1.25 bits per heavy atom. The highest BCUT2D eigenvalue weighted by atomic mass is 32.1. The molecule has 0 radical (unpaired) electrons. The van der Waals surface area contributed by atoms with Crippen LogP contribution in [0.1, 0.15) is 22.6 Å². The van der Waals surface area contributed by atoms with Gasteiger partial charge in [-0.3, -0.25) is 4.90 Å². The molecule has 7 heteroatoms. The first-order valence-corrected chi connectivity index (χ1v) is 8.80. The number of rotatable bonds is 4. The molecule has 1 atom stereocenters. The van der Waals surface area contributed by atoms with Gasteiger partial charge in [-0.2, -0.15) is 4.98 Å². The van der Waals surface area contributed by atoms with Crippen molar-refractivity contribution in [3.63, 3.8) is 0 Å². The van der Waals surface area contributed by atoms with Gasteiger partial charge in [0.25, 0.3) is 5.89 Å². The lowest BCUT2D eigenvalue weighted by Gasteiger charge is -2.30. The highest BCUT2D eigenvalue weighted by Gasteiger charge is 2.25. The van der Waals surface area contributed by atoms with Crippen molar-refractivity contribution >= 4 is 11.3 Å². The number of morpholine rings is 1.